The van der Waals surface area contributed by atoms with Crippen LogP contribution in [0, 0.1) is 6.92 Å². The Kier molecular flexibility index (Phi) is 2.66. The molecule has 0 saturated heterocycles. The summed E-state index contributed by atoms with van der Waals surface area (Å²) in [6.45, 7) is 2.04. The van der Waals surface area contributed by atoms with E-state index in [4.69, 9.17) is 10.8 Å². The Morgan fingerprint density at radius 2 is 2.33 bits per heavy atom. The SMILES string of the molecule is Cc1cnc2nc(C(N)CCO)cn2c1. The molecule has 0 amide bonds. The molecule has 5 heteroatoms. The van der Waals surface area contributed by atoms with Crippen molar-refractivity contribution in [1.29, 1.82) is 0 Å². The molecule has 2 aromatic heterocycles. The van der Waals surface area contributed by atoms with Gasteiger partial charge in [0.25, 0.3) is 0 Å². The molecular formula is C10H14N4O. The fraction of sp³-hybridized carbons (Fsp3) is 0.400. The number of aryl methyl sites for hydroxylation is 1. The first-order valence-corrected chi connectivity index (χ1v) is 4.88. The Morgan fingerprint density at radius 3 is 3.07 bits per heavy atom. The fourth-order valence-electron chi connectivity index (χ4n) is 1.47. The van der Waals surface area contributed by atoms with Crippen molar-refractivity contribution in [2.24, 2.45) is 5.73 Å². The monoisotopic (exact) mass is 206 g/mol. The maximum atomic E-state index is 8.79. The average Bonchev–Trinajstić information content (AvgIpc) is 2.60. The van der Waals surface area contributed by atoms with E-state index in [0.717, 1.165) is 11.3 Å². The molecular weight excluding hydrogens is 192 g/mol. The number of hydrogen-bond donors (Lipinski definition) is 2. The van der Waals surface area contributed by atoms with Crippen LogP contribution in [0.3, 0.4) is 0 Å². The molecule has 2 rings (SSSR count). The highest BCUT2D eigenvalue weighted by molar-refractivity contribution is 5.32. The number of aliphatic hydroxyl groups is 1. The number of fused-ring (bicyclic) bond motifs is 1. The summed E-state index contributed by atoms with van der Waals surface area (Å²) in [6, 6.07) is -0.225. The lowest BCUT2D eigenvalue weighted by Gasteiger charge is -2.04. The Morgan fingerprint density at radius 1 is 1.53 bits per heavy atom. The summed E-state index contributed by atoms with van der Waals surface area (Å²) in [5, 5.41) is 8.79. The molecule has 0 aliphatic carbocycles. The Bertz CT molecular complexity index is 465. The summed E-state index contributed by atoms with van der Waals surface area (Å²) < 4.78 is 1.85. The molecule has 3 N–H and O–H groups in total. The lowest BCUT2D eigenvalue weighted by molar-refractivity contribution is 0.276. The van der Waals surface area contributed by atoms with Crippen LogP contribution in [0.15, 0.2) is 18.6 Å². The summed E-state index contributed by atoms with van der Waals surface area (Å²) in [5.74, 6) is 0.643. The highest BCUT2D eigenvalue weighted by Gasteiger charge is 2.10. The normalized spacial score (nSPS) is 13.3. The van der Waals surface area contributed by atoms with Crippen LogP contribution in [0.25, 0.3) is 5.78 Å². The van der Waals surface area contributed by atoms with Crippen molar-refractivity contribution in [1.82, 2.24) is 14.4 Å². The summed E-state index contributed by atoms with van der Waals surface area (Å²) >= 11 is 0. The van der Waals surface area contributed by atoms with Gasteiger partial charge in [-0.25, -0.2) is 9.97 Å². The van der Waals surface area contributed by atoms with E-state index in [1.165, 1.54) is 0 Å². The van der Waals surface area contributed by atoms with Crippen molar-refractivity contribution in [3.8, 4) is 0 Å². The molecule has 0 spiro atoms. The second-order valence-corrected chi connectivity index (χ2v) is 3.62. The topological polar surface area (TPSA) is 76.4 Å². The molecule has 0 aliphatic rings. The third-order valence-electron chi connectivity index (χ3n) is 2.28. The van der Waals surface area contributed by atoms with E-state index in [1.807, 2.05) is 23.7 Å². The molecule has 0 radical (unpaired) electrons. The third-order valence-corrected chi connectivity index (χ3v) is 2.28. The van der Waals surface area contributed by atoms with Gasteiger partial charge in [-0.1, -0.05) is 0 Å². The summed E-state index contributed by atoms with van der Waals surface area (Å²) in [4.78, 5) is 8.47. The van der Waals surface area contributed by atoms with E-state index in [1.54, 1.807) is 6.20 Å². The van der Waals surface area contributed by atoms with Gasteiger partial charge in [0.1, 0.15) is 0 Å². The third kappa shape index (κ3) is 1.98. The molecule has 2 heterocycles. The lowest BCUT2D eigenvalue weighted by atomic mass is 10.2. The van der Waals surface area contributed by atoms with Gasteiger partial charge in [0, 0.05) is 25.2 Å². The first-order chi connectivity index (χ1) is 7.20. The quantitative estimate of drug-likeness (QED) is 0.763. The van der Waals surface area contributed by atoms with Crippen molar-refractivity contribution in [2.75, 3.05) is 6.61 Å². The average molecular weight is 206 g/mol. The van der Waals surface area contributed by atoms with Crippen LogP contribution in [-0.4, -0.2) is 26.1 Å². The van der Waals surface area contributed by atoms with Gasteiger partial charge in [-0.3, -0.25) is 4.40 Å². The van der Waals surface area contributed by atoms with E-state index in [9.17, 15) is 0 Å². The lowest BCUT2D eigenvalue weighted by Crippen LogP contribution is -2.12. The van der Waals surface area contributed by atoms with Crippen LogP contribution in [0.2, 0.25) is 0 Å². The summed E-state index contributed by atoms with van der Waals surface area (Å²) in [7, 11) is 0. The van der Waals surface area contributed by atoms with Crippen molar-refractivity contribution in [3.05, 3.63) is 29.8 Å². The zero-order valence-corrected chi connectivity index (χ0v) is 8.59. The molecule has 1 unspecified atom stereocenters. The van der Waals surface area contributed by atoms with Crippen molar-refractivity contribution >= 4 is 5.78 Å². The molecule has 1 atom stereocenters. The number of aromatic nitrogens is 3. The molecule has 15 heavy (non-hydrogen) atoms. The van der Waals surface area contributed by atoms with Crippen molar-refractivity contribution in [3.63, 3.8) is 0 Å². The van der Waals surface area contributed by atoms with Crippen LogP contribution < -0.4 is 5.73 Å². The van der Waals surface area contributed by atoms with Gasteiger partial charge < -0.3 is 10.8 Å². The molecule has 80 valence electrons. The largest absolute Gasteiger partial charge is 0.396 e. The minimum atomic E-state index is -0.225. The maximum Gasteiger partial charge on any atom is 0.233 e. The number of nitrogens with two attached hydrogens (primary N) is 1. The smallest absolute Gasteiger partial charge is 0.233 e. The van der Waals surface area contributed by atoms with E-state index < -0.39 is 0 Å². The van der Waals surface area contributed by atoms with Gasteiger partial charge >= 0.3 is 0 Å². The summed E-state index contributed by atoms with van der Waals surface area (Å²) in [5.41, 5.74) is 7.68. The highest BCUT2D eigenvalue weighted by atomic mass is 16.3. The predicted octanol–water partition coefficient (Wildman–Crippen LogP) is 0.420. The number of imidazole rings is 1. The number of aliphatic hydroxyl groups excluding tert-OH is 1. The van der Waals surface area contributed by atoms with Crippen LogP contribution in [0.1, 0.15) is 23.7 Å². The van der Waals surface area contributed by atoms with Crippen LogP contribution in [0.5, 0.6) is 0 Å². The van der Waals surface area contributed by atoms with Crippen LogP contribution >= 0.6 is 0 Å². The zero-order chi connectivity index (χ0) is 10.8. The molecule has 0 bridgehead atoms. The van der Waals surface area contributed by atoms with Gasteiger partial charge in [0.05, 0.1) is 11.7 Å². The predicted molar refractivity (Wildman–Crippen MR) is 56.4 cm³/mol. The minimum absolute atomic E-state index is 0.0709. The van der Waals surface area contributed by atoms with Gasteiger partial charge in [0.2, 0.25) is 5.78 Å². The fourth-order valence-corrected chi connectivity index (χ4v) is 1.47. The minimum Gasteiger partial charge on any atom is -0.396 e. The number of hydrogen-bond acceptors (Lipinski definition) is 4. The van der Waals surface area contributed by atoms with Gasteiger partial charge in [0.15, 0.2) is 0 Å². The van der Waals surface area contributed by atoms with E-state index in [-0.39, 0.29) is 12.6 Å². The van der Waals surface area contributed by atoms with Gasteiger partial charge in [-0.05, 0) is 18.9 Å². The molecule has 2 aromatic rings. The second-order valence-electron chi connectivity index (χ2n) is 3.62. The van der Waals surface area contributed by atoms with E-state index in [2.05, 4.69) is 9.97 Å². The van der Waals surface area contributed by atoms with Crippen LogP contribution in [0.4, 0.5) is 0 Å². The second kappa shape index (κ2) is 3.96. The molecule has 5 nitrogen and oxygen atoms in total. The molecule has 0 fully saturated rings. The number of nitrogens with zero attached hydrogens (tertiary/aromatic N) is 3. The molecule has 0 aliphatic heterocycles. The number of rotatable bonds is 3. The maximum absolute atomic E-state index is 8.79. The Balaban J connectivity index is 2.38. The Hall–Kier alpha value is -1.46. The molecule has 0 aromatic carbocycles. The summed E-state index contributed by atoms with van der Waals surface area (Å²) in [6.07, 6.45) is 6.09. The highest BCUT2D eigenvalue weighted by Crippen LogP contribution is 2.13. The first kappa shape index (κ1) is 10.1. The molecule has 0 saturated carbocycles. The zero-order valence-electron chi connectivity index (χ0n) is 8.59. The van der Waals surface area contributed by atoms with E-state index >= 15 is 0 Å². The standard InChI is InChI=1S/C10H14N4O/c1-7-4-12-10-13-9(6-14(10)5-7)8(11)2-3-15/h4-6,8,15H,2-3,11H2,1H3. The van der Waals surface area contributed by atoms with Crippen molar-refractivity contribution < 1.29 is 5.11 Å². The van der Waals surface area contributed by atoms with Gasteiger partial charge in [-0.2, -0.15) is 0 Å². The van der Waals surface area contributed by atoms with Gasteiger partial charge in [-0.15, -0.1) is 0 Å². The van der Waals surface area contributed by atoms with Crippen LogP contribution in [-0.2, 0) is 0 Å². The first-order valence-electron chi connectivity index (χ1n) is 4.88. The van der Waals surface area contributed by atoms with Crippen molar-refractivity contribution in [2.45, 2.75) is 19.4 Å². The Labute approximate surface area is 87.6 Å². The van der Waals surface area contributed by atoms with E-state index in [0.29, 0.717) is 12.2 Å².